The van der Waals surface area contributed by atoms with E-state index in [1.807, 2.05) is 0 Å². The van der Waals surface area contributed by atoms with Crippen LogP contribution in [-0.2, 0) is 33.6 Å². The zero-order valence-corrected chi connectivity index (χ0v) is 64.9. The maximum atomic E-state index is 13.5. The number of guanidine groups is 3. The fourth-order valence-corrected chi connectivity index (χ4v) is 12.8. The van der Waals surface area contributed by atoms with Gasteiger partial charge in [0.15, 0.2) is 17.9 Å². The molecule has 1 aliphatic rings. The van der Waals surface area contributed by atoms with Gasteiger partial charge in [-0.1, -0.05) is 60.8 Å². The Morgan fingerprint density at radius 3 is 1.45 bits per heavy atom. The van der Waals surface area contributed by atoms with Crippen molar-refractivity contribution < 1.29 is 43.8 Å². The molecule has 13 atom stereocenters. The van der Waals surface area contributed by atoms with Crippen LogP contribution in [0.1, 0.15) is 176 Å². The van der Waals surface area contributed by atoms with Gasteiger partial charge >= 0.3 is 11.9 Å². The maximum absolute atomic E-state index is 13.5. The van der Waals surface area contributed by atoms with Crippen LogP contribution in [-0.4, -0.2) is 264 Å². The van der Waals surface area contributed by atoms with Crippen LogP contribution in [0.25, 0.3) is 0 Å². The van der Waals surface area contributed by atoms with Gasteiger partial charge in [0.1, 0.15) is 18.1 Å². The fraction of sp³-hybridized carbons (Fsp3) is 0.843. The lowest BCUT2D eigenvalue weighted by Gasteiger charge is -2.34. The summed E-state index contributed by atoms with van der Waals surface area (Å²) in [6.07, 6.45) is 13.5. The van der Waals surface area contributed by atoms with Crippen LogP contribution in [0.5, 0.6) is 0 Å². The zero-order chi connectivity index (χ0) is 79.2. The Morgan fingerprint density at radius 2 is 0.962 bits per heavy atom. The van der Waals surface area contributed by atoms with Crippen LogP contribution in [0.4, 0.5) is 0 Å². The molecule has 35 N–H and O–H groups in total. The summed E-state index contributed by atoms with van der Waals surface area (Å²) < 4.78 is 0. The third-order valence-corrected chi connectivity index (χ3v) is 18.8. The summed E-state index contributed by atoms with van der Waals surface area (Å²) in [6.45, 7) is 24.6. The summed E-state index contributed by atoms with van der Waals surface area (Å²) in [5.74, 6) is -6.66. The summed E-state index contributed by atoms with van der Waals surface area (Å²) in [4.78, 5) is 107. The average Bonchev–Trinajstić information content (AvgIpc) is 1.50. The molecule has 106 heavy (non-hydrogen) atoms. The number of carboxylic acid groups (broad SMARTS) is 2. The number of aliphatic imine (C=N–C) groups is 4. The third-order valence-electron chi connectivity index (χ3n) is 18.8. The van der Waals surface area contributed by atoms with Crippen molar-refractivity contribution >= 4 is 65.6 Å². The molecule has 0 aliphatic carbocycles. The molecular weight excluding hydrogens is 1360 g/mol. The predicted molar refractivity (Wildman–Crippen MR) is 423 cm³/mol. The number of aliphatic carboxylic acids is 2. The summed E-state index contributed by atoms with van der Waals surface area (Å²) in [5, 5.41) is 57.0. The smallest absolute Gasteiger partial charge is 0.326 e. The molecule has 0 aromatic carbocycles. The first-order valence-electron chi connectivity index (χ1n) is 38.8. The van der Waals surface area contributed by atoms with E-state index in [1.54, 1.807) is 0 Å². The Hall–Kier alpha value is -6.71. The summed E-state index contributed by atoms with van der Waals surface area (Å²) in [6, 6.07) is -3.95. The molecule has 1 rings (SSSR count). The van der Waals surface area contributed by atoms with Gasteiger partial charge in [0.05, 0.1) is 25.6 Å². The van der Waals surface area contributed by atoms with Crippen molar-refractivity contribution in [2.75, 3.05) is 111 Å². The van der Waals surface area contributed by atoms with E-state index in [1.165, 1.54) is 0 Å². The first-order chi connectivity index (χ1) is 50.5. The number of carboxylic acids is 2. The minimum Gasteiger partial charge on any atom is -0.481 e. The van der Waals surface area contributed by atoms with Crippen molar-refractivity contribution in [3.63, 3.8) is 0 Å². The lowest BCUT2D eigenvalue weighted by Crippen LogP contribution is -2.57. The van der Waals surface area contributed by atoms with Gasteiger partial charge in [0.25, 0.3) is 5.91 Å². The van der Waals surface area contributed by atoms with E-state index in [4.69, 9.17) is 63.1 Å². The van der Waals surface area contributed by atoms with Gasteiger partial charge in [-0.05, 0) is 134 Å². The number of nitrogens with one attached hydrogen (secondary N) is 11. The number of nitrogens with zero attached hydrogens (tertiary/aromatic N) is 5. The minimum absolute atomic E-state index is 0.0558. The number of likely N-dealkylation sites (tertiary alicyclic amines) is 1. The Bertz CT molecular complexity index is 2550. The summed E-state index contributed by atoms with van der Waals surface area (Å²) in [5.41, 5.74) is 62.8. The summed E-state index contributed by atoms with van der Waals surface area (Å²) in [7, 11) is 0. The first kappa shape index (κ1) is 97.3. The van der Waals surface area contributed by atoms with Crippen LogP contribution in [0, 0.1) is 17.8 Å². The minimum atomic E-state index is -1.77. The molecule has 0 aromatic rings. The van der Waals surface area contributed by atoms with Crippen molar-refractivity contribution in [2.45, 2.75) is 249 Å². The van der Waals surface area contributed by atoms with Gasteiger partial charge in [-0.2, -0.15) is 0 Å². The van der Waals surface area contributed by atoms with Gasteiger partial charge in [-0.25, -0.2) is 4.79 Å². The SMILES string of the molecule is CC[C@H](C)[C@@H](CN[C@@H](CCCN=C(N)N)CN1CCC[C@H]1CN[C@@H](CCCCN)CN[C@H](CN[C@@H](CCCCN)CN=CC(=O)N[C@@H](CC(=O)O)C(=O)N[C@@H](CC(N)=O)C(=O)N[C@@H](CCC(N)=O)C(=O)O)CC(C)C)NC[C@H](CCCN=C(N)N)NC[C@H](CCCN=C(N)N)NC[C@H](CC(C)C)NCCN. The fourth-order valence-electron chi connectivity index (χ4n) is 12.8. The van der Waals surface area contributed by atoms with Crippen LogP contribution in [0.2, 0.25) is 0 Å². The number of amides is 5. The molecule has 1 heterocycles. The number of unbranched alkanes of at least 4 members (excludes halogenated alkanes) is 2. The van der Waals surface area contributed by atoms with Crippen LogP contribution in [0.3, 0.4) is 0 Å². The standard InChI is InChI=1S/C70H145N27O9/c1-7-48(6)60(93-39-52(19-13-28-85-69(78)79)87-37-51(18-12-27-84-68(76)77)89-40-54(32-46(2)3)83-30-26-73)43-92-53(20-14-29-86-70(80)81)45-97-31-15-21-56(97)42-91-50(17-9-11-25-72)38-90-55(33-47(4)5)41-88-49(16-8-10-24-71)36-82-44-63(100)94-59(35-64(101)102)66(104)96-58(34-62(75)99)65(103)95-57(67(105)106)22-23-61(74)98/h44,46-60,83,87-93H,7-43,45,71-73H2,1-6H3,(H2,74,98)(H2,75,99)(H,94,100)(H,95,103)(H,96,104)(H,101,102)(H,105,106)(H4,76,77,84)(H4,78,79,85)(H4,80,81,86)/t48-,49-,50-,51-,52-,53-,54-,55-,56-,57-,58-,59-,60+/m0/s1. The molecule has 1 aliphatic heterocycles. The van der Waals surface area contributed by atoms with Crippen molar-refractivity contribution in [1.29, 1.82) is 0 Å². The number of hydrogen-bond acceptors (Lipinski definition) is 23. The van der Waals surface area contributed by atoms with E-state index >= 15 is 0 Å². The van der Waals surface area contributed by atoms with Crippen molar-refractivity contribution in [1.82, 2.24) is 63.4 Å². The molecule has 0 saturated carbocycles. The van der Waals surface area contributed by atoms with E-state index in [2.05, 4.69) is 125 Å². The second-order valence-electron chi connectivity index (χ2n) is 29.2. The van der Waals surface area contributed by atoms with Crippen molar-refractivity contribution in [2.24, 2.45) is 101 Å². The van der Waals surface area contributed by atoms with Gasteiger partial charge in [-0.15, -0.1) is 0 Å². The molecule has 36 heteroatoms. The highest BCUT2D eigenvalue weighted by atomic mass is 16.4. The molecule has 1 fully saturated rings. The second-order valence-corrected chi connectivity index (χ2v) is 29.2. The maximum Gasteiger partial charge on any atom is 0.326 e. The number of nitrogens with two attached hydrogens (primary N) is 11. The number of carbonyl (C=O) groups excluding carboxylic acids is 5. The van der Waals surface area contributed by atoms with Gasteiger partial charge in [0, 0.05) is 146 Å². The molecule has 0 spiro atoms. The Kier molecular flexibility index (Phi) is 54.4. The lowest BCUT2D eigenvalue weighted by atomic mass is 9.97. The van der Waals surface area contributed by atoms with Crippen molar-refractivity contribution in [3.8, 4) is 0 Å². The molecule has 0 radical (unpaired) electrons. The Labute approximate surface area is 631 Å². The molecule has 1 saturated heterocycles. The van der Waals surface area contributed by atoms with Gasteiger partial charge < -0.3 is 132 Å². The number of carbonyl (C=O) groups is 7. The van der Waals surface area contributed by atoms with E-state index in [0.717, 1.165) is 161 Å². The molecule has 0 bridgehead atoms. The zero-order valence-electron chi connectivity index (χ0n) is 64.9. The quantitative estimate of drug-likeness (QED) is 0.0156. The van der Waals surface area contributed by atoms with E-state index in [9.17, 15) is 43.8 Å². The number of primary amides is 2. The summed E-state index contributed by atoms with van der Waals surface area (Å²) >= 11 is 0. The highest BCUT2D eigenvalue weighted by Crippen LogP contribution is 2.20. The van der Waals surface area contributed by atoms with E-state index < -0.39 is 85.3 Å². The average molecular weight is 1510 g/mol. The molecular formula is C70H145N27O9. The van der Waals surface area contributed by atoms with Gasteiger partial charge in [0.2, 0.25) is 23.6 Å². The van der Waals surface area contributed by atoms with E-state index in [0.29, 0.717) is 82.6 Å². The third kappa shape index (κ3) is 50.0. The normalized spacial score (nSPS) is 16.7. The highest BCUT2D eigenvalue weighted by molar-refractivity contribution is 6.27. The van der Waals surface area contributed by atoms with Crippen LogP contribution < -0.4 is 122 Å². The largest absolute Gasteiger partial charge is 0.481 e. The molecule has 0 unspecified atom stereocenters. The molecule has 614 valence electrons. The number of rotatable bonds is 68. The second kappa shape index (κ2) is 59.3. The van der Waals surface area contributed by atoms with E-state index in [-0.39, 0.29) is 72.8 Å². The monoisotopic (exact) mass is 1510 g/mol. The number of hydrogen-bond donors (Lipinski definition) is 24. The molecule has 36 nitrogen and oxygen atoms in total. The topological polar surface area (TPSA) is 631 Å². The molecule has 0 aromatic heterocycles. The van der Waals surface area contributed by atoms with Crippen LogP contribution >= 0.6 is 0 Å². The predicted octanol–water partition coefficient (Wildman–Crippen LogP) is -4.14. The Balaban J connectivity index is 3.36. The lowest BCUT2D eigenvalue weighted by molar-refractivity contribution is -0.143. The Morgan fingerprint density at radius 1 is 0.500 bits per heavy atom. The van der Waals surface area contributed by atoms with Crippen LogP contribution in [0.15, 0.2) is 20.0 Å². The molecule has 5 amide bonds. The highest BCUT2D eigenvalue weighted by Gasteiger charge is 2.33. The first-order valence-corrected chi connectivity index (χ1v) is 38.8. The van der Waals surface area contributed by atoms with Gasteiger partial charge in [-0.3, -0.25) is 53.6 Å². The van der Waals surface area contributed by atoms with Crippen molar-refractivity contribution in [3.05, 3.63) is 0 Å².